The first-order valence-electron chi connectivity index (χ1n) is 7.88. The molecule has 6 heteroatoms. The fourth-order valence-corrected chi connectivity index (χ4v) is 2.19. The molecule has 1 aromatic heterocycles. The van der Waals surface area contributed by atoms with E-state index in [9.17, 15) is 4.79 Å². The average Bonchev–Trinajstić information content (AvgIpc) is 2.56. The smallest absolute Gasteiger partial charge is 0.319 e. The van der Waals surface area contributed by atoms with Gasteiger partial charge in [-0.15, -0.1) is 0 Å². The number of nitrogens with one attached hydrogen (secondary N) is 2. The normalized spacial score (nSPS) is 10.3. The molecule has 0 saturated heterocycles. The van der Waals surface area contributed by atoms with E-state index in [1.807, 2.05) is 38.1 Å². The van der Waals surface area contributed by atoms with Crippen LogP contribution >= 0.6 is 0 Å². The number of benzene rings is 1. The summed E-state index contributed by atoms with van der Waals surface area (Å²) >= 11 is 0. The molecule has 6 nitrogen and oxygen atoms in total. The largest absolute Gasteiger partial charge is 0.496 e. The van der Waals surface area contributed by atoms with Gasteiger partial charge in [-0.05, 0) is 44.0 Å². The molecule has 0 aliphatic carbocycles. The van der Waals surface area contributed by atoms with Gasteiger partial charge in [0.05, 0.1) is 13.2 Å². The van der Waals surface area contributed by atoms with Crippen LogP contribution in [0.1, 0.15) is 19.4 Å². The van der Waals surface area contributed by atoms with E-state index >= 15 is 0 Å². The van der Waals surface area contributed by atoms with Gasteiger partial charge in [0.2, 0.25) is 5.88 Å². The van der Waals surface area contributed by atoms with Gasteiger partial charge in [-0.3, -0.25) is 0 Å². The Kier molecular flexibility index (Phi) is 6.42. The number of aromatic nitrogens is 1. The van der Waals surface area contributed by atoms with Crippen LogP contribution in [0.25, 0.3) is 0 Å². The lowest BCUT2D eigenvalue weighted by Crippen LogP contribution is -2.30. The number of hydrogen-bond acceptors (Lipinski definition) is 4. The molecule has 0 fully saturated rings. The summed E-state index contributed by atoms with van der Waals surface area (Å²) in [5.41, 5.74) is 1.59. The van der Waals surface area contributed by atoms with Gasteiger partial charge in [0.1, 0.15) is 11.4 Å². The third-order valence-corrected chi connectivity index (χ3v) is 3.24. The summed E-state index contributed by atoms with van der Waals surface area (Å²) in [5.74, 6) is 1.23. The maximum absolute atomic E-state index is 12.1. The SMILES string of the molecule is COc1ccccc1CCNC(=O)Nc1cccnc1OC(C)C. The molecule has 2 aromatic rings. The second-order valence-corrected chi connectivity index (χ2v) is 5.47. The zero-order chi connectivity index (χ0) is 17.4. The zero-order valence-corrected chi connectivity index (χ0v) is 14.2. The molecule has 2 amide bonds. The molecule has 0 bridgehead atoms. The van der Waals surface area contributed by atoms with Gasteiger partial charge in [0.25, 0.3) is 0 Å². The lowest BCUT2D eigenvalue weighted by molar-refractivity contribution is 0.233. The molecule has 1 aromatic carbocycles. The van der Waals surface area contributed by atoms with E-state index in [-0.39, 0.29) is 12.1 Å². The van der Waals surface area contributed by atoms with E-state index in [1.54, 1.807) is 25.4 Å². The number of carbonyl (C=O) groups excluding carboxylic acids is 1. The van der Waals surface area contributed by atoms with Crippen molar-refractivity contribution < 1.29 is 14.3 Å². The molecule has 2 rings (SSSR count). The standard InChI is InChI=1S/C18H23N3O3/c1-13(2)24-17-15(8-6-11-19-17)21-18(22)20-12-10-14-7-4-5-9-16(14)23-3/h4-9,11,13H,10,12H2,1-3H3,(H2,20,21,22). The van der Waals surface area contributed by atoms with Gasteiger partial charge in [-0.1, -0.05) is 18.2 Å². The van der Waals surface area contributed by atoms with Crippen molar-refractivity contribution in [2.24, 2.45) is 0 Å². The molecular formula is C18H23N3O3. The second-order valence-electron chi connectivity index (χ2n) is 5.47. The first kappa shape index (κ1) is 17.6. The van der Waals surface area contributed by atoms with Gasteiger partial charge in [-0.25, -0.2) is 9.78 Å². The minimum atomic E-state index is -0.300. The summed E-state index contributed by atoms with van der Waals surface area (Å²) in [4.78, 5) is 16.2. The number of nitrogens with zero attached hydrogens (tertiary/aromatic N) is 1. The predicted octanol–water partition coefficient (Wildman–Crippen LogP) is 3.24. The molecule has 0 spiro atoms. The Morgan fingerprint density at radius 1 is 1.21 bits per heavy atom. The summed E-state index contributed by atoms with van der Waals surface area (Å²) in [6.45, 7) is 4.31. The Balaban J connectivity index is 1.88. The number of methoxy groups -OCH3 is 1. The lowest BCUT2D eigenvalue weighted by atomic mass is 10.1. The number of hydrogen-bond donors (Lipinski definition) is 2. The first-order chi connectivity index (χ1) is 11.6. The van der Waals surface area contributed by atoms with Crippen LogP contribution in [0.15, 0.2) is 42.6 Å². The Labute approximate surface area is 142 Å². The predicted molar refractivity (Wildman–Crippen MR) is 93.7 cm³/mol. The van der Waals surface area contributed by atoms with Crippen molar-refractivity contribution in [2.75, 3.05) is 19.0 Å². The number of pyridine rings is 1. The fourth-order valence-electron chi connectivity index (χ4n) is 2.19. The number of rotatable bonds is 7. The summed E-state index contributed by atoms with van der Waals surface area (Å²) in [6, 6.07) is 11.0. The van der Waals surface area contributed by atoms with Gasteiger partial charge in [-0.2, -0.15) is 0 Å². The van der Waals surface area contributed by atoms with Crippen LogP contribution in [-0.2, 0) is 6.42 Å². The van der Waals surface area contributed by atoms with Gasteiger partial charge >= 0.3 is 6.03 Å². The van der Waals surface area contributed by atoms with Gasteiger partial charge in [0, 0.05) is 12.7 Å². The maximum Gasteiger partial charge on any atom is 0.319 e. The maximum atomic E-state index is 12.1. The van der Waals surface area contributed by atoms with Crippen LogP contribution in [0.4, 0.5) is 10.5 Å². The van der Waals surface area contributed by atoms with E-state index in [1.165, 1.54) is 0 Å². The van der Waals surface area contributed by atoms with Crippen molar-refractivity contribution in [3.05, 3.63) is 48.2 Å². The second kappa shape index (κ2) is 8.76. The van der Waals surface area contributed by atoms with Crippen LogP contribution in [0.2, 0.25) is 0 Å². The Morgan fingerprint density at radius 2 is 2.00 bits per heavy atom. The van der Waals surface area contributed by atoms with Crippen LogP contribution < -0.4 is 20.1 Å². The molecule has 0 aliphatic heterocycles. The van der Waals surface area contributed by atoms with Crippen molar-refractivity contribution in [1.82, 2.24) is 10.3 Å². The van der Waals surface area contributed by atoms with Crippen LogP contribution in [-0.4, -0.2) is 30.8 Å². The number of carbonyl (C=O) groups is 1. The van der Waals surface area contributed by atoms with Gasteiger partial charge < -0.3 is 20.1 Å². The monoisotopic (exact) mass is 329 g/mol. The number of ether oxygens (including phenoxy) is 2. The minimum absolute atomic E-state index is 0.0194. The number of urea groups is 1. The van der Waals surface area contributed by atoms with E-state index in [0.717, 1.165) is 11.3 Å². The molecule has 1 heterocycles. The highest BCUT2D eigenvalue weighted by Crippen LogP contribution is 2.21. The summed E-state index contributed by atoms with van der Waals surface area (Å²) < 4.78 is 10.9. The van der Waals surface area contributed by atoms with Crippen molar-refractivity contribution >= 4 is 11.7 Å². The molecule has 0 radical (unpaired) electrons. The highest BCUT2D eigenvalue weighted by molar-refractivity contribution is 5.90. The number of anilines is 1. The fraction of sp³-hybridized carbons (Fsp3) is 0.333. The van der Waals surface area contributed by atoms with Crippen LogP contribution in [0.3, 0.4) is 0 Å². The molecule has 0 aliphatic rings. The summed E-state index contributed by atoms with van der Waals surface area (Å²) in [6.07, 6.45) is 2.29. The summed E-state index contributed by atoms with van der Waals surface area (Å²) in [5, 5.41) is 5.58. The minimum Gasteiger partial charge on any atom is -0.496 e. The lowest BCUT2D eigenvalue weighted by Gasteiger charge is -2.14. The van der Waals surface area contributed by atoms with Crippen molar-refractivity contribution in [3.63, 3.8) is 0 Å². The Morgan fingerprint density at radius 3 is 2.75 bits per heavy atom. The summed E-state index contributed by atoms with van der Waals surface area (Å²) in [7, 11) is 1.64. The molecular weight excluding hydrogens is 306 g/mol. The number of para-hydroxylation sites is 1. The highest BCUT2D eigenvalue weighted by Gasteiger charge is 2.10. The average molecular weight is 329 g/mol. The number of amides is 2. The molecule has 24 heavy (non-hydrogen) atoms. The van der Waals surface area contributed by atoms with Crippen molar-refractivity contribution in [3.8, 4) is 11.6 Å². The van der Waals surface area contributed by atoms with Crippen molar-refractivity contribution in [2.45, 2.75) is 26.4 Å². The third kappa shape index (κ3) is 5.15. The molecule has 2 N–H and O–H groups in total. The van der Waals surface area contributed by atoms with E-state index in [2.05, 4.69) is 15.6 Å². The van der Waals surface area contributed by atoms with Gasteiger partial charge in [0.15, 0.2) is 0 Å². The topological polar surface area (TPSA) is 72.5 Å². The first-order valence-corrected chi connectivity index (χ1v) is 7.88. The molecule has 0 unspecified atom stereocenters. The highest BCUT2D eigenvalue weighted by atomic mass is 16.5. The molecule has 0 atom stereocenters. The zero-order valence-electron chi connectivity index (χ0n) is 14.2. The molecule has 128 valence electrons. The molecule has 0 saturated carbocycles. The van der Waals surface area contributed by atoms with E-state index in [0.29, 0.717) is 24.5 Å². The van der Waals surface area contributed by atoms with Crippen LogP contribution in [0, 0.1) is 0 Å². The Hall–Kier alpha value is -2.76. The Bertz CT molecular complexity index is 674. The van der Waals surface area contributed by atoms with E-state index < -0.39 is 0 Å². The third-order valence-electron chi connectivity index (χ3n) is 3.24. The quantitative estimate of drug-likeness (QED) is 0.818. The van der Waals surface area contributed by atoms with E-state index in [4.69, 9.17) is 9.47 Å². The van der Waals surface area contributed by atoms with Crippen LogP contribution in [0.5, 0.6) is 11.6 Å². The van der Waals surface area contributed by atoms with Crippen molar-refractivity contribution in [1.29, 1.82) is 0 Å².